The third-order valence-electron chi connectivity index (χ3n) is 1.54. The number of amides is 1. The lowest BCUT2D eigenvalue weighted by Gasteiger charge is -2.18. The molecule has 1 amide bonds. The highest BCUT2D eigenvalue weighted by molar-refractivity contribution is 7.16. The van der Waals surface area contributed by atoms with Gasteiger partial charge in [0.25, 0.3) is 0 Å². The molecule has 0 aliphatic rings. The molecule has 0 aromatic carbocycles. The molecule has 0 spiro atoms. The third-order valence-corrected chi connectivity index (χ3v) is 2.54. The van der Waals surface area contributed by atoms with Crippen molar-refractivity contribution in [3.05, 3.63) is 10.6 Å². The topological polar surface area (TPSA) is 51.2 Å². The molecular formula is C11H14N2O2S. The zero-order valence-corrected chi connectivity index (χ0v) is 10.6. The second kappa shape index (κ2) is 4.54. The monoisotopic (exact) mass is 238 g/mol. The molecule has 86 valence electrons. The van der Waals surface area contributed by atoms with Crippen LogP contribution in [0.5, 0.6) is 0 Å². The number of terminal acetylenes is 1. The van der Waals surface area contributed by atoms with Crippen molar-refractivity contribution < 1.29 is 9.53 Å². The highest BCUT2D eigenvalue weighted by Crippen LogP contribution is 2.22. The van der Waals surface area contributed by atoms with Crippen LogP contribution in [0.3, 0.4) is 0 Å². The van der Waals surface area contributed by atoms with Gasteiger partial charge in [0.2, 0.25) is 0 Å². The minimum atomic E-state index is -0.523. The lowest BCUT2D eigenvalue weighted by atomic mass is 10.2. The Balaban J connectivity index is 2.68. The number of hydrogen-bond donors (Lipinski definition) is 1. The lowest BCUT2D eigenvalue weighted by molar-refractivity contribution is 0.0636. The number of carbonyl (C=O) groups excluding carboxylic acids is 1. The first kappa shape index (κ1) is 12.5. The van der Waals surface area contributed by atoms with Gasteiger partial charge in [-0.15, -0.1) is 6.42 Å². The summed E-state index contributed by atoms with van der Waals surface area (Å²) in [5, 5.41) is 3.00. The number of rotatable bonds is 1. The van der Waals surface area contributed by atoms with Gasteiger partial charge in [-0.3, -0.25) is 5.32 Å². The standard InChI is InChI=1S/C11H14N2O2S/c1-6-8-7(2)12-9(16-8)13-10(14)15-11(3,4)5/h1H,2-5H3,(H,12,13,14). The molecule has 1 aromatic rings. The quantitative estimate of drug-likeness (QED) is 0.765. The Kier molecular flexibility index (Phi) is 3.55. The number of aromatic nitrogens is 1. The largest absolute Gasteiger partial charge is 0.444 e. The fourth-order valence-electron chi connectivity index (χ4n) is 0.975. The van der Waals surface area contributed by atoms with Gasteiger partial charge in [0.05, 0.1) is 5.69 Å². The second-order valence-electron chi connectivity index (χ2n) is 4.20. The van der Waals surface area contributed by atoms with Crippen LogP contribution < -0.4 is 5.32 Å². The zero-order chi connectivity index (χ0) is 12.3. The fraction of sp³-hybridized carbons (Fsp3) is 0.455. The number of anilines is 1. The molecule has 0 radical (unpaired) electrons. The summed E-state index contributed by atoms with van der Waals surface area (Å²) < 4.78 is 5.09. The number of thiazole rings is 1. The Morgan fingerprint density at radius 1 is 1.56 bits per heavy atom. The van der Waals surface area contributed by atoms with Gasteiger partial charge in [-0.05, 0) is 27.7 Å². The Labute approximate surface area is 99.0 Å². The fourth-order valence-corrected chi connectivity index (χ4v) is 1.74. The molecule has 1 aromatic heterocycles. The van der Waals surface area contributed by atoms with Crippen molar-refractivity contribution in [2.45, 2.75) is 33.3 Å². The van der Waals surface area contributed by atoms with E-state index in [1.807, 2.05) is 0 Å². The Hall–Kier alpha value is -1.54. The number of aryl methyl sites for hydroxylation is 1. The van der Waals surface area contributed by atoms with Crippen LogP contribution in [0.15, 0.2) is 0 Å². The van der Waals surface area contributed by atoms with Gasteiger partial charge in [0.1, 0.15) is 10.5 Å². The van der Waals surface area contributed by atoms with Crippen LogP contribution in [0.1, 0.15) is 31.3 Å². The molecule has 0 fully saturated rings. The van der Waals surface area contributed by atoms with Crippen molar-refractivity contribution in [1.82, 2.24) is 4.98 Å². The Bertz CT molecular complexity index is 438. The SMILES string of the molecule is C#Cc1sc(NC(=O)OC(C)(C)C)nc1C. The highest BCUT2D eigenvalue weighted by Gasteiger charge is 2.17. The summed E-state index contributed by atoms with van der Waals surface area (Å²) in [6.07, 6.45) is 4.75. The first-order valence-corrected chi connectivity index (χ1v) is 5.57. The highest BCUT2D eigenvalue weighted by atomic mass is 32.1. The van der Waals surface area contributed by atoms with Crippen LogP contribution in [0, 0.1) is 19.3 Å². The maximum absolute atomic E-state index is 11.4. The molecule has 4 nitrogen and oxygen atoms in total. The summed E-state index contributed by atoms with van der Waals surface area (Å²) in [5.41, 5.74) is 0.212. The van der Waals surface area contributed by atoms with Gasteiger partial charge in [0.15, 0.2) is 5.13 Å². The molecule has 0 aliphatic carbocycles. The molecule has 0 saturated heterocycles. The van der Waals surface area contributed by atoms with Crippen LogP contribution in [-0.2, 0) is 4.74 Å². The minimum absolute atomic E-state index is 0.458. The summed E-state index contributed by atoms with van der Waals surface area (Å²) in [4.78, 5) is 16.2. The maximum atomic E-state index is 11.4. The molecule has 0 bridgehead atoms. The van der Waals surface area contributed by atoms with Crippen LogP contribution in [0.4, 0.5) is 9.93 Å². The van der Waals surface area contributed by atoms with E-state index in [9.17, 15) is 4.79 Å². The lowest BCUT2D eigenvalue weighted by Crippen LogP contribution is -2.27. The molecule has 0 atom stereocenters. The average molecular weight is 238 g/mol. The summed E-state index contributed by atoms with van der Waals surface area (Å²) in [5.74, 6) is 2.50. The van der Waals surface area contributed by atoms with E-state index in [1.165, 1.54) is 11.3 Å². The predicted octanol–water partition coefficient (Wildman–Crippen LogP) is 2.78. The van der Waals surface area contributed by atoms with Gasteiger partial charge in [-0.25, -0.2) is 9.78 Å². The van der Waals surface area contributed by atoms with Crippen LogP contribution >= 0.6 is 11.3 Å². The van der Waals surface area contributed by atoms with Gasteiger partial charge < -0.3 is 4.74 Å². The molecular weight excluding hydrogens is 224 g/mol. The van der Waals surface area contributed by atoms with E-state index in [2.05, 4.69) is 16.2 Å². The van der Waals surface area contributed by atoms with Crippen LogP contribution in [0.2, 0.25) is 0 Å². The smallest absolute Gasteiger partial charge is 0.413 e. The van der Waals surface area contributed by atoms with Crippen molar-refractivity contribution >= 4 is 22.6 Å². The van der Waals surface area contributed by atoms with Crippen molar-refractivity contribution in [3.63, 3.8) is 0 Å². The van der Waals surface area contributed by atoms with E-state index in [0.717, 1.165) is 5.69 Å². The van der Waals surface area contributed by atoms with Gasteiger partial charge in [-0.2, -0.15) is 0 Å². The summed E-state index contributed by atoms with van der Waals surface area (Å²) in [7, 11) is 0. The first-order valence-electron chi connectivity index (χ1n) is 4.76. The number of nitrogens with one attached hydrogen (secondary N) is 1. The van der Waals surface area contributed by atoms with Crippen molar-refractivity contribution in [2.75, 3.05) is 5.32 Å². The molecule has 0 saturated carbocycles. The van der Waals surface area contributed by atoms with Crippen LogP contribution in [-0.4, -0.2) is 16.7 Å². The minimum Gasteiger partial charge on any atom is -0.444 e. The van der Waals surface area contributed by atoms with E-state index in [0.29, 0.717) is 10.0 Å². The maximum Gasteiger partial charge on any atom is 0.413 e. The number of hydrogen-bond acceptors (Lipinski definition) is 4. The van der Waals surface area contributed by atoms with E-state index >= 15 is 0 Å². The molecule has 1 rings (SSSR count). The van der Waals surface area contributed by atoms with Gasteiger partial charge in [-0.1, -0.05) is 17.3 Å². The number of ether oxygens (including phenoxy) is 1. The van der Waals surface area contributed by atoms with E-state index in [-0.39, 0.29) is 0 Å². The van der Waals surface area contributed by atoms with Gasteiger partial charge >= 0.3 is 6.09 Å². The summed E-state index contributed by atoms with van der Waals surface area (Å²) >= 11 is 1.25. The Morgan fingerprint density at radius 3 is 2.62 bits per heavy atom. The van der Waals surface area contributed by atoms with Crippen molar-refractivity contribution in [2.24, 2.45) is 0 Å². The predicted molar refractivity (Wildman–Crippen MR) is 64.6 cm³/mol. The normalized spacial score (nSPS) is 10.7. The summed E-state index contributed by atoms with van der Waals surface area (Å²) in [6, 6.07) is 0. The second-order valence-corrected chi connectivity index (χ2v) is 5.20. The Morgan fingerprint density at radius 2 is 2.19 bits per heavy atom. The number of nitrogens with zero attached hydrogens (tertiary/aromatic N) is 1. The van der Waals surface area contributed by atoms with Crippen molar-refractivity contribution in [1.29, 1.82) is 0 Å². The number of carbonyl (C=O) groups is 1. The zero-order valence-electron chi connectivity index (χ0n) is 9.75. The van der Waals surface area contributed by atoms with Crippen LogP contribution in [0.25, 0.3) is 0 Å². The molecule has 0 aliphatic heterocycles. The van der Waals surface area contributed by atoms with Crippen molar-refractivity contribution in [3.8, 4) is 12.3 Å². The van der Waals surface area contributed by atoms with E-state index in [4.69, 9.17) is 11.2 Å². The molecule has 0 unspecified atom stereocenters. The third kappa shape index (κ3) is 3.55. The van der Waals surface area contributed by atoms with Gasteiger partial charge in [0, 0.05) is 0 Å². The first-order chi connectivity index (χ1) is 7.31. The molecule has 1 heterocycles. The molecule has 16 heavy (non-hydrogen) atoms. The summed E-state index contributed by atoms with van der Waals surface area (Å²) in [6.45, 7) is 7.19. The molecule has 1 N–H and O–H groups in total. The average Bonchev–Trinajstić information content (AvgIpc) is 2.42. The van der Waals surface area contributed by atoms with E-state index < -0.39 is 11.7 Å². The molecule has 5 heteroatoms. The van der Waals surface area contributed by atoms with E-state index in [1.54, 1.807) is 27.7 Å².